The van der Waals surface area contributed by atoms with E-state index in [1.807, 2.05) is 24.3 Å². The van der Waals surface area contributed by atoms with E-state index in [0.717, 1.165) is 24.0 Å². The van der Waals surface area contributed by atoms with E-state index in [2.05, 4.69) is 4.74 Å². The lowest BCUT2D eigenvalue weighted by atomic mass is 9.94. The first-order valence-electron chi connectivity index (χ1n) is 9.57. The van der Waals surface area contributed by atoms with Gasteiger partial charge in [0.1, 0.15) is 18.5 Å². The Labute approximate surface area is 167 Å². The lowest BCUT2D eigenvalue weighted by Crippen LogP contribution is -2.34. The summed E-state index contributed by atoms with van der Waals surface area (Å²) in [6.07, 6.45) is 0.251. The number of hydrogen-bond donors (Lipinski definition) is 3. The van der Waals surface area contributed by atoms with Crippen LogP contribution >= 0.6 is 0 Å². The Morgan fingerprint density at radius 2 is 1.93 bits per heavy atom. The number of cyclic esters (lactones) is 1. The van der Waals surface area contributed by atoms with Crippen LogP contribution in [0.5, 0.6) is 0 Å². The highest BCUT2D eigenvalue weighted by atomic mass is 16.6. The molecule has 0 aromatic heterocycles. The molecule has 8 heteroatoms. The molecule has 1 saturated carbocycles. The molecule has 2 unspecified atom stereocenters. The minimum Gasteiger partial charge on any atom is -0.505 e. The third-order valence-electron chi connectivity index (χ3n) is 5.43. The summed E-state index contributed by atoms with van der Waals surface area (Å²) in [4.78, 5) is 35.2. The smallest absolute Gasteiger partial charge is 0.377 e. The molecule has 1 aliphatic carbocycles. The molecule has 0 bridgehead atoms. The number of ether oxygens (including phenoxy) is 2. The van der Waals surface area contributed by atoms with E-state index >= 15 is 0 Å². The SMILES string of the molecule is CC(C(=O)OC[C@H](O)[C@H]1OC(=O)C(O)=C1O)c1ccc(CC2CCCC2=O)cc1. The maximum Gasteiger partial charge on any atom is 0.377 e. The van der Waals surface area contributed by atoms with E-state index < -0.39 is 48.2 Å². The highest BCUT2D eigenvalue weighted by Gasteiger charge is 2.39. The van der Waals surface area contributed by atoms with Gasteiger partial charge in [-0.15, -0.1) is 0 Å². The summed E-state index contributed by atoms with van der Waals surface area (Å²) >= 11 is 0. The third-order valence-corrected chi connectivity index (χ3v) is 5.43. The molecule has 1 fully saturated rings. The van der Waals surface area contributed by atoms with Crippen LogP contribution in [0.4, 0.5) is 0 Å². The molecule has 4 atom stereocenters. The summed E-state index contributed by atoms with van der Waals surface area (Å²) in [6.45, 7) is 1.14. The van der Waals surface area contributed by atoms with Crippen molar-refractivity contribution < 1.29 is 39.2 Å². The number of aliphatic hydroxyl groups is 3. The standard InChI is InChI=1S/C21H24O8/c1-11(13-7-5-12(6-8-13)9-14-3-2-4-15(14)22)20(26)28-10-16(23)19-17(24)18(25)21(27)29-19/h5-8,11,14,16,19,23-25H,2-4,9-10H2,1H3/t11?,14?,16-,19+/m0/s1. The summed E-state index contributed by atoms with van der Waals surface area (Å²) in [7, 11) is 0. The predicted molar refractivity (Wildman–Crippen MR) is 100 cm³/mol. The average molecular weight is 404 g/mol. The number of ketones is 1. The van der Waals surface area contributed by atoms with Gasteiger partial charge in [-0.3, -0.25) is 9.59 Å². The number of benzene rings is 1. The van der Waals surface area contributed by atoms with Gasteiger partial charge in [-0.1, -0.05) is 24.3 Å². The number of carbonyl (C=O) groups is 3. The highest BCUT2D eigenvalue weighted by Crippen LogP contribution is 2.26. The van der Waals surface area contributed by atoms with E-state index in [4.69, 9.17) is 4.74 Å². The van der Waals surface area contributed by atoms with E-state index in [9.17, 15) is 29.7 Å². The Morgan fingerprint density at radius 3 is 2.48 bits per heavy atom. The number of Topliss-reactive ketones (excluding diaryl/α,β-unsaturated/α-hetero) is 1. The van der Waals surface area contributed by atoms with Gasteiger partial charge >= 0.3 is 11.9 Å². The number of esters is 2. The monoisotopic (exact) mass is 404 g/mol. The van der Waals surface area contributed by atoms with Crippen molar-refractivity contribution in [1.82, 2.24) is 0 Å². The summed E-state index contributed by atoms with van der Waals surface area (Å²) in [5.41, 5.74) is 1.76. The Kier molecular flexibility index (Phi) is 6.22. The van der Waals surface area contributed by atoms with Gasteiger partial charge in [-0.2, -0.15) is 0 Å². The van der Waals surface area contributed by atoms with E-state index in [0.29, 0.717) is 18.6 Å². The van der Waals surface area contributed by atoms with Gasteiger partial charge in [0.2, 0.25) is 5.76 Å². The van der Waals surface area contributed by atoms with Gasteiger partial charge in [0.25, 0.3) is 0 Å². The zero-order valence-corrected chi connectivity index (χ0v) is 16.0. The van der Waals surface area contributed by atoms with Gasteiger partial charge < -0.3 is 24.8 Å². The molecule has 1 aromatic rings. The highest BCUT2D eigenvalue weighted by molar-refractivity contribution is 5.89. The molecule has 29 heavy (non-hydrogen) atoms. The van der Waals surface area contributed by atoms with Gasteiger partial charge in [0, 0.05) is 12.3 Å². The van der Waals surface area contributed by atoms with E-state index in [1.54, 1.807) is 6.92 Å². The molecule has 2 aliphatic rings. The van der Waals surface area contributed by atoms with Crippen LogP contribution in [0, 0.1) is 5.92 Å². The Morgan fingerprint density at radius 1 is 1.24 bits per heavy atom. The molecule has 1 heterocycles. The summed E-state index contributed by atoms with van der Waals surface area (Å²) in [5, 5.41) is 28.8. The summed E-state index contributed by atoms with van der Waals surface area (Å²) in [5.74, 6) is -3.71. The fourth-order valence-corrected chi connectivity index (χ4v) is 3.57. The second-order valence-corrected chi connectivity index (χ2v) is 7.48. The first-order valence-corrected chi connectivity index (χ1v) is 9.57. The topological polar surface area (TPSA) is 130 Å². The predicted octanol–water partition coefficient (Wildman–Crippen LogP) is 1.86. The van der Waals surface area contributed by atoms with Crippen LogP contribution in [0.15, 0.2) is 35.8 Å². The molecule has 0 spiro atoms. The van der Waals surface area contributed by atoms with Crippen LogP contribution in [0.1, 0.15) is 43.2 Å². The van der Waals surface area contributed by atoms with Crippen molar-refractivity contribution >= 4 is 17.7 Å². The van der Waals surface area contributed by atoms with Crippen molar-refractivity contribution in [2.45, 2.75) is 50.7 Å². The molecule has 0 saturated heterocycles. The molecule has 0 radical (unpaired) electrons. The molecule has 1 aromatic carbocycles. The molecule has 156 valence electrons. The number of rotatable bonds is 7. The molecule has 0 amide bonds. The van der Waals surface area contributed by atoms with Crippen LogP contribution in [0.2, 0.25) is 0 Å². The Balaban J connectivity index is 1.52. The zero-order valence-electron chi connectivity index (χ0n) is 16.0. The second-order valence-electron chi connectivity index (χ2n) is 7.48. The quantitative estimate of drug-likeness (QED) is 0.587. The summed E-state index contributed by atoms with van der Waals surface area (Å²) < 4.78 is 9.68. The van der Waals surface area contributed by atoms with Crippen molar-refractivity contribution in [2.75, 3.05) is 6.61 Å². The molecule has 3 rings (SSSR count). The Hall–Kier alpha value is -2.87. The molecular formula is C21H24O8. The first-order chi connectivity index (χ1) is 13.8. The maximum absolute atomic E-state index is 12.3. The van der Waals surface area contributed by atoms with Crippen LogP contribution in [0.3, 0.4) is 0 Å². The second kappa shape index (κ2) is 8.65. The van der Waals surface area contributed by atoms with Crippen molar-refractivity contribution in [3.8, 4) is 0 Å². The molecule has 8 nitrogen and oxygen atoms in total. The number of carbonyl (C=O) groups excluding carboxylic acids is 3. The van der Waals surface area contributed by atoms with Crippen molar-refractivity contribution in [3.05, 3.63) is 46.9 Å². The van der Waals surface area contributed by atoms with Crippen LogP contribution < -0.4 is 0 Å². The Bertz CT molecular complexity index is 826. The van der Waals surface area contributed by atoms with Crippen molar-refractivity contribution in [3.63, 3.8) is 0 Å². The van der Waals surface area contributed by atoms with Crippen LogP contribution in [-0.4, -0.2) is 51.9 Å². The van der Waals surface area contributed by atoms with Gasteiger partial charge in [-0.05, 0) is 37.3 Å². The van der Waals surface area contributed by atoms with Gasteiger partial charge in [0.15, 0.2) is 11.9 Å². The summed E-state index contributed by atoms with van der Waals surface area (Å²) in [6, 6.07) is 7.40. The normalized spacial score (nSPS) is 23.8. The van der Waals surface area contributed by atoms with Crippen LogP contribution in [0.25, 0.3) is 0 Å². The van der Waals surface area contributed by atoms with Gasteiger partial charge in [-0.25, -0.2) is 4.79 Å². The van der Waals surface area contributed by atoms with E-state index in [-0.39, 0.29) is 5.92 Å². The van der Waals surface area contributed by atoms with Crippen LogP contribution in [-0.2, 0) is 30.3 Å². The number of hydrogen-bond acceptors (Lipinski definition) is 8. The lowest BCUT2D eigenvalue weighted by molar-refractivity contribution is -0.155. The molecule has 1 aliphatic heterocycles. The van der Waals surface area contributed by atoms with Gasteiger partial charge in [0.05, 0.1) is 5.92 Å². The zero-order chi connectivity index (χ0) is 21.1. The minimum absolute atomic E-state index is 0.0827. The maximum atomic E-state index is 12.3. The molecular weight excluding hydrogens is 380 g/mol. The van der Waals surface area contributed by atoms with E-state index in [1.165, 1.54) is 0 Å². The fourth-order valence-electron chi connectivity index (χ4n) is 3.57. The third kappa shape index (κ3) is 4.59. The fraction of sp³-hybridized carbons (Fsp3) is 0.476. The van der Waals surface area contributed by atoms with Crippen molar-refractivity contribution in [1.29, 1.82) is 0 Å². The first kappa shape index (κ1) is 20.9. The molecule has 3 N–H and O–H groups in total. The minimum atomic E-state index is -1.51. The lowest BCUT2D eigenvalue weighted by Gasteiger charge is -2.19. The average Bonchev–Trinajstić information content (AvgIpc) is 3.23. The van der Waals surface area contributed by atoms with Crippen molar-refractivity contribution in [2.24, 2.45) is 5.92 Å². The number of aliphatic hydroxyl groups excluding tert-OH is 3. The largest absolute Gasteiger partial charge is 0.505 e.